The maximum Gasteiger partial charge on any atom is 0.145 e. The fourth-order valence-corrected chi connectivity index (χ4v) is 5.13. The molecule has 1 heterocycles. The molecule has 1 aliphatic heterocycles. The van der Waals surface area contributed by atoms with Gasteiger partial charge in [0, 0.05) is 12.1 Å². The Kier molecular flexibility index (Phi) is 7.30. The smallest absolute Gasteiger partial charge is 0.145 e. The quantitative estimate of drug-likeness (QED) is 0.279. The van der Waals surface area contributed by atoms with Crippen molar-refractivity contribution in [3.63, 3.8) is 0 Å². The van der Waals surface area contributed by atoms with Gasteiger partial charge in [-0.05, 0) is 96.2 Å². The van der Waals surface area contributed by atoms with E-state index in [1.165, 1.54) is 25.3 Å². The first-order chi connectivity index (χ1) is 17.5. The molecular formula is C30H29ClFNO3. The molecule has 5 rings (SSSR count). The maximum atomic E-state index is 13.9. The first-order valence-electron chi connectivity index (χ1n) is 12.4. The lowest BCUT2D eigenvalue weighted by molar-refractivity contribution is 0.183. The second-order valence-corrected chi connectivity index (χ2v) is 9.70. The molecule has 1 aliphatic rings. The number of halogens is 2. The number of ether oxygens (including phenoxy) is 1. The van der Waals surface area contributed by atoms with E-state index in [-0.39, 0.29) is 16.5 Å². The van der Waals surface area contributed by atoms with Gasteiger partial charge in [-0.1, -0.05) is 48.4 Å². The molecule has 0 spiro atoms. The van der Waals surface area contributed by atoms with Gasteiger partial charge in [0.05, 0.1) is 0 Å². The average molecular weight is 506 g/mol. The Morgan fingerprint density at radius 1 is 0.861 bits per heavy atom. The molecule has 0 saturated carbocycles. The molecule has 6 heteroatoms. The summed E-state index contributed by atoms with van der Waals surface area (Å²) >= 11 is 6.02. The summed E-state index contributed by atoms with van der Waals surface area (Å²) in [6.07, 6.45) is 4.44. The fourth-order valence-electron chi connectivity index (χ4n) is 4.96. The summed E-state index contributed by atoms with van der Waals surface area (Å²) in [5, 5.41) is 22.1. The number of likely N-dealkylation sites (tertiary alicyclic amines) is 1. The van der Waals surface area contributed by atoms with E-state index < -0.39 is 5.82 Å². The van der Waals surface area contributed by atoms with Crippen LogP contribution in [0.4, 0.5) is 4.39 Å². The molecule has 1 fully saturated rings. The molecule has 36 heavy (non-hydrogen) atoms. The predicted octanol–water partition coefficient (Wildman–Crippen LogP) is 7.17. The molecular weight excluding hydrogens is 477 g/mol. The van der Waals surface area contributed by atoms with Crippen molar-refractivity contribution in [3.8, 4) is 28.4 Å². The number of piperidine rings is 1. The summed E-state index contributed by atoms with van der Waals surface area (Å²) < 4.78 is 19.9. The van der Waals surface area contributed by atoms with Crippen LogP contribution in [0.3, 0.4) is 0 Å². The number of nitrogens with zero attached hydrogens (tertiary/aromatic N) is 1. The van der Waals surface area contributed by atoms with Gasteiger partial charge < -0.3 is 14.9 Å². The van der Waals surface area contributed by atoms with Gasteiger partial charge in [-0.15, -0.1) is 0 Å². The molecule has 4 aromatic carbocycles. The van der Waals surface area contributed by atoms with Crippen LogP contribution in [0.5, 0.6) is 17.2 Å². The van der Waals surface area contributed by atoms with E-state index in [9.17, 15) is 14.6 Å². The summed E-state index contributed by atoms with van der Waals surface area (Å²) in [5.41, 5.74) is 3.23. The number of aromatic hydroxyl groups is 2. The normalized spacial score (nSPS) is 14.3. The van der Waals surface area contributed by atoms with Gasteiger partial charge >= 0.3 is 0 Å². The largest absolute Gasteiger partial charge is 0.508 e. The van der Waals surface area contributed by atoms with E-state index in [1.54, 1.807) is 18.2 Å². The molecule has 0 aromatic heterocycles. The Bertz CT molecular complexity index is 1370. The standard InChI is InChI=1S/C30H29ClFNO3/c31-29-28(32)13-12-26(30(29)35)25-10-6-21-19-22(34)7-11-24(21)27(25)18-20-4-8-23(9-5-20)36-17-16-33-14-2-1-3-15-33/h4-13,19,34-35H,1-3,14-18H2. The molecule has 4 aromatic rings. The third kappa shape index (κ3) is 5.28. The number of benzene rings is 4. The van der Waals surface area contributed by atoms with E-state index in [1.807, 2.05) is 42.5 Å². The van der Waals surface area contributed by atoms with Gasteiger partial charge in [-0.3, -0.25) is 4.90 Å². The van der Waals surface area contributed by atoms with Gasteiger partial charge in [0.2, 0.25) is 0 Å². The summed E-state index contributed by atoms with van der Waals surface area (Å²) in [6, 6.07) is 19.8. The number of rotatable bonds is 7. The van der Waals surface area contributed by atoms with Crippen molar-refractivity contribution in [2.24, 2.45) is 0 Å². The molecule has 186 valence electrons. The summed E-state index contributed by atoms with van der Waals surface area (Å²) in [5.74, 6) is 0.0660. The Hall–Kier alpha value is -3.28. The van der Waals surface area contributed by atoms with Crippen LogP contribution in [0.25, 0.3) is 21.9 Å². The van der Waals surface area contributed by atoms with Crippen LogP contribution in [0.1, 0.15) is 30.4 Å². The Balaban J connectivity index is 1.41. The second-order valence-electron chi connectivity index (χ2n) is 9.33. The highest BCUT2D eigenvalue weighted by atomic mass is 35.5. The molecule has 1 saturated heterocycles. The molecule has 0 amide bonds. The molecule has 4 nitrogen and oxygen atoms in total. The topological polar surface area (TPSA) is 52.9 Å². The van der Waals surface area contributed by atoms with E-state index in [0.29, 0.717) is 18.6 Å². The van der Waals surface area contributed by atoms with Crippen LogP contribution in [0.15, 0.2) is 66.7 Å². The highest BCUT2D eigenvalue weighted by Crippen LogP contribution is 2.41. The molecule has 2 N–H and O–H groups in total. The van der Waals surface area contributed by atoms with Crippen molar-refractivity contribution in [3.05, 3.63) is 88.7 Å². The Morgan fingerprint density at radius 2 is 1.61 bits per heavy atom. The zero-order valence-corrected chi connectivity index (χ0v) is 20.8. The lowest BCUT2D eigenvalue weighted by atomic mass is 9.89. The summed E-state index contributed by atoms with van der Waals surface area (Å²) in [7, 11) is 0. The highest BCUT2D eigenvalue weighted by molar-refractivity contribution is 6.32. The lowest BCUT2D eigenvalue weighted by Crippen LogP contribution is -2.33. The predicted molar refractivity (Wildman–Crippen MR) is 143 cm³/mol. The fraction of sp³-hybridized carbons (Fsp3) is 0.267. The molecule has 0 atom stereocenters. The van der Waals surface area contributed by atoms with Crippen molar-refractivity contribution in [2.75, 3.05) is 26.2 Å². The van der Waals surface area contributed by atoms with Crippen LogP contribution >= 0.6 is 11.6 Å². The zero-order chi connectivity index (χ0) is 25.1. The number of phenols is 2. The number of hydrogen-bond acceptors (Lipinski definition) is 4. The minimum Gasteiger partial charge on any atom is -0.508 e. The summed E-state index contributed by atoms with van der Waals surface area (Å²) in [4.78, 5) is 2.45. The van der Waals surface area contributed by atoms with Crippen LogP contribution in [0, 0.1) is 5.82 Å². The monoisotopic (exact) mass is 505 g/mol. The lowest BCUT2D eigenvalue weighted by Gasteiger charge is -2.26. The first-order valence-corrected chi connectivity index (χ1v) is 12.7. The Morgan fingerprint density at radius 3 is 2.39 bits per heavy atom. The van der Waals surface area contributed by atoms with E-state index >= 15 is 0 Å². The third-order valence-electron chi connectivity index (χ3n) is 6.90. The van der Waals surface area contributed by atoms with Crippen LogP contribution in [0.2, 0.25) is 5.02 Å². The van der Waals surface area contributed by atoms with Crippen LogP contribution < -0.4 is 4.74 Å². The number of fused-ring (bicyclic) bond motifs is 1. The molecule has 0 radical (unpaired) electrons. The van der Waals surface area contributed by atoms with Crippen LogP contribution in [-0.4, -0.2) is 41.4 Å². The van der Waals surface area contributed by atoms with Gasteiger partial charge in [0.1, 0.15) is 34.7 Å². The van der Waals surface area contributed by atoms with Gasteiger partial charge in [0.25, 0.3) is 0 Å². The van der Waals surface area contributed by atoms with Crippen LogP contribution in [-0.2, 0) is 6.42 Å². The van der Waals surface area contributed by atoms with Gasteiger partial charge in [0.15, 0.2) is 0 Å². The van der Waals surface area contributed by atoms with E-state index in [2.05, 4.69) is 4.90 Å². The second kappa shape index (κ2) is 10.8. The van der Waals surface area contributed by atoms with E-state index in [0.717, 1.165) is 52.8 Å². The first kappa shape index (κ1) is 24.4. The minimum absolute atomic E-state index is 0.180. The van der Waals surface area contributed by atoms with Crippen molar-refractivity contribution in [1.82, 2.24) is 4.90 Å². The average Bonchev–Trinajstić information content (AvgIpc) is 2.89. The number of phenolic OH excluding ortho intramolecular Hbond substituents is 2. The third-order valence-corrected chi connectivity index (χ3v) is 7.26. The molecule has 0 aliphatic carbocycles. The number of hydrogen-bond donors (Lipinski definition) is 2. The van der Waals surface area contributed by atoms with Crippen molar-refractivity contribution < 1.29 is 19.3 Å². The summed E-state index contributed by atoms with van der Waals surface area (Å²) in [6.45, 7) is 3.92. The van der Waals surface area contributed by atoms with Crippen molar-refractivity contribution in [2.45, 2.75) is 25.7 Å². The SMILES string of the molecule is Oc1ccc2c(Cc3ccc(OCCN4CCCCC4)cc3)c(-c3ccc(F)c(Cl)c3O)ccc2c1. The molecule has 0 bridgehead atoms. The van der Waals surface area contributed by atoms with E-state index in [4.69, 9.17) is 16.3 Å². The zero-order valence-electron chi connectivity index (χ0n) is 20.0. The van der Waals surface area contributed by atoms with Crippen molar-refractivity contribution in [1.29, 1.82) is 0 Å². The van der Waals surface area contributed by atoms with Crippen molar-refractivity contribution >= 4 is 22.4 Å². The Labute approximate surface area is 215 Å². The van der Waals surface area contributed by atoms with Gasteiger partial charge in [-0.2, -0.15) is 0 Å². The maximum absolute atomic E-state index is 13.9. The van der Waals surface area contributed by atoms with Gasteiger partial charge in [-0.25, -0.2) is 4.39 Å². The highest BCUT2D eigenvalue weighted by Gasteiger charge is 2.18. The molecule has 0 unspecified atom stereocenters. The minimum atomic E-state index is -0.666.